The fourth-order valence-corrected chi connectivity index (χ4v) is 1.18. The van der Waals surface area contributed by atoms with Crippen molar-refractivity contribution in [2.45, 2.75) is 32.5 Å². The molecule has 0 unspecified atom stereocenters. The summed E-state index contributed by atoms with van der Waals surface area (Å²) in [6.45, 7) is 3.48. The SMILES string of the molecule is CC#CC[C@@H]1C=C[C@@H](COC(C)=O)O1. The Morgan fingerprint density at radius 3 is 2.86 bits per heavy atom. The lowest BCUT2D eigenvalue weighted by Gasteiger charge is -2.11. The highest BCUT2D eigenvalue weighted by Crippen LogP contribution is 2.14. The molecule has 1 aliphatic heterocycles. The van der Waals surface area contributed by atoms with Crippen LogP contribution in [0.15, 0.2) is 12.2 Å². The van der Waals surface area contributed by atoms with Crippen molar-refractivity contribution in [2.24, 2.45) is 0 Å². The molecule has 1 rings (SSSR count). The van der Waals surface area contributed by atoms with Gasteiger partial charge in [-0.25, -0.2) is 0 Å². The second-order valence-corrected chi connectivity index (χ2v) is 3.03. The summed E-state index contributed by atoms with van der Waals surface area (Å²) >= 11 is 0. The summed E-state index contributed by atoms with van der Waals surface area (Å²) in [6, 6.07) is 0. The molecule has 0 aromatic carbocycles. The molecule has 3 nitrogen and oxygen atoms in total. The molecular weight excluding hydrogens is 180 g/mol. The number of ether oxygens (including phenoxy) is 2. The smallest absolute Gasteiger partial charge is 0.302 e. The van der Waals surface area contributed by atoms with Crippen LogP contribution in [0.4, 0.5) is 0 Å². The molecule has 0 aliphatic carbocycles. The molecule has 3 heteroatoms. The molecule has 0 radical (unpaired) electrons. The van der Waals surface area contributed by atoms with Crippen LogP contribution >= 0.6 is 0 Å². The molecule has 0 bridgehead atoms. The van der Waals surface area contributed by atoms with E-state index in [1.165, 1.54) is 6.92 Å². The van der Waals surface area contributed by atoms with E-state index in [4.69, 9.17) is 9.47 Å². The Bertz CT molecular complexity index is 283. The summed E-state index contributed by atoms with van der Waals surface area (Å²) in [5.41, 5.74) is 0. The van der Waals surface area contributed by atoms with E-state index >= 15 is 0 Å². The van der Waals surface area contributed by atoms with Crippen LogP contribution in [0, 0.1) is 11.8 Å². The summed E-state index contributed by atoms with van der Waals surface area (Å²) in [4.78, 5) is 10.5. The van der Waals surface area contributed by atoms with Crippen molar-refractivity contribution >= 4 is 5.97 Å². The summed E-state index contributed by atoms with van der Waals surface area (Å²) in [5, 5.41) is 0. The molecule has 2 atom stereocenters. The summed E-state index contributed by atoms with van der Waals surface area (Å²) in [7, 11) is 0. The molecule has 76 valence electrons. The van der Waals surface area contributed by atoms with Crippen molar-refractivity contribution in [2.75, 3.05) is 6.61 Å². The monoisotopic (exact) mass is 194 g/mol. The second-order valence-electron chi connectivity index (χ2n) is 3.03. The van der Waals surface area contributed by atoms with Crippen molar-refractivity contribution in [3.8, 4) is 11.8 Å². The zero-order chi connectivity index (χ0) is 10.4. The minimum atomic E-state index is -0.279. The summed E-state index contributed by atoms with van der Waals surface area (Å²) in [6.07, 6.45) is 4.50. The highest BCUT2D eigenvalue weighted by atomic mass is 16.6. The van der Waals surface area contributed by atoms with Crippen LogP contribution < -0.4 is 0 Å². The molecule has 0 amide bonds. The lowest BCUT2D eigenvalue weighted by atomic mass is 10.2. The number of rotatable bonds is 3. The summed E-state index contributed by atoms with van der Waals surface area (Å²) < 4.78 is 10.4. The molecule has 0 spiro atoms. The Morgan fingerprint density at radius 2 is 2.21 bits per heavy atom. The topological polar surface area (TPSA) is 35.5 Å². The highest BCUT2D eigenvalue weighted by molar-refractivity contribution is 5.65. The Labute approximate surface area is 84.1 Å². The van der Waals surface area contributed by atoms with Gasteiger partial charge in [0.05, 0.1) is 6.10 Å². The Kier molecular flexibility index (Phi) is 4.21. The zero-order valence-corrected chi connectivity index (χ0v) is 8.45. The molecule has 14 heavy (non-hydrogen) atoms. The fourth-order valence-electron chi connectivity index (χ4n) is 1.18. The number of hydrogen-bond donors (Lipinski definition) is 0. The van der Waals surface area contributed by atoms with Gasteiger partial charge in [-0.1, -0.05) is 12.2 Å². The largest absolute Gasteiger partial charge is 0.463 e. The number of hydrogen-bond acceptors (Lipinski definition) is 3. The Morgan fingerprint density at radius 1 is 1.50 bits per heavy atom. The molecule has 0 fully saturated rings. The maximum Gasteiger partial charge on any atom is 0.302 e. The van der Waals surface area contributed by atoms with Crippen molar-refractivity contribution in [1.29, 1.82) is 0 Å². The van der Waals surface area contributed by atoms with Crippen molar-refractivity contribution in [3.63, 3.8) is 0 Å². The minimum absolute atomic E-state index is 0.0445. The van der Waals surface area contributed by atoms with Gasteiger partial charge >= 0.3 is 5.97 Å². The molecule has 1 aliphatic rings. The van der Waals surface area contributed by atoms with Gasteiger partial charge in [0.2, 0.25) is 0 Å². The van der Waals surface area contributed by atoms with Gasteiger partial charge < -0.3 is 9.47 Å². The van der Waals surface area contributed by atoms with E-state index < -0.39 is 0 Å². The lowest BCUT2D eigenvalue weighted by molar-refractivity contribution is -0.144. The van der Waals surface area contributed by atoms with Gasteiger partial charge in [-0.05, 0) is 6.92 Å². The van der Waals surface area contributed by atoms with Crippen LogP contribution in [-0.2, 0) is 14.3 Å². The number of carbonyl (C=O) groups is 1. The van der Waals surface area contributed by atoms with E-state index in [0.717, 1.165) is 0 Å². The third kappa shape index (κ3) is 3.63. The molecule has 0 saturated heterocycles. The molecule has 0 aromatic rings. The lowest BCUT2D eigenvalue weighted by Crippen LogP contribution is -2.19. The maximum absolute atomic E-state index is 10.5. The van der Waals surface area contributed by atoms with Crippen molar-refractivity contribution in [1.82, 2.24) is 0 Å². The zero-order valence-electron chi connectivity index (χ0n) is 8.45. The predicted octanol–water partition coefficient (Wildman–Crippen LogP) is 1.29. The van der Waals surface area contributed by atoms with E-state index in [0.29, 0.717) is 13.0 Å². The van der Waals surface area contributed by atoms with Crippen LogP contribution in [0.25, 0.3) is 0 Å². The first-order chi connectivity index (χ1) is 6.72. The number of carbonyl (C=O) groups excluding carboxylic acids is 1. The van der Waals surface area contributed by atoms with E-state index in [-0.39, 0.29) is 18.2 Å². The van der Waals surface area contributed by atoms with E-state index in [1.807, 2.05) is 12.2 Å². The highest BCUT2D eigenvalue weighted by Gasteiger charge is 2.18. The molecule has 0 saturated carbocycles. The van der Waals surface area contributed by atoms with Gasteiger partial charge in [0.1, 0.15) is 12.7 Å². The Balaban J connectivity index is 2.23. The Hall–Kier alpha value is -1.27. The summed E-state index contributed by atoms with van der Waals surface area (Å²) in [5.74, 6) is 5.47. The molecule has 0 aromatic heterocycles. The van der Waals surface area contributed by atoms with Gasteiger partial charge in [0.25, 0.3) is 0 Å². The third-order valence-electron chi connectivity index (χ3n) is 1.82. The number of esters is 1. The second kappa shape index (κ2) is 5.46. The minimum Gasteiger partial charge on any atom is -0.463 e. The predicted molar refractivity (Wildman–Crippen MR) is 52.5 cm³/mol. The average Bonchev–Trinajstić information content (AvgIpc) is 2.59. The van der Waals surface area contributed by atoms with E-state index in [1.54, 1.807) is 6.92 Å². The average molecular weight is 194 g/mol. The van der Waals surface area contributed by atoms with Crippen molar-refractivity contribution < 1.29 is 14.3 Å². The standard InChI is InChI=1S/C11H14O3/c1-3-4-5-10-6-7-11(14-10)8-13-9(2)12/h6-7,10-11H,5,8H2,1-2H3/t10-,11+/m1/s1. The first kappa shape index (κ1) is 10.8. The van der Waals surface area contributed by atoms with Crippen LogP contribution in [0.1, 0.15) is 20.3 Å². The van der Waals surface area contributed by atoms with Gasteiger partial charge in [-0.3, -0.25) is 4.79 Å². The first-order valence-electron chi connectivity index (χ1n) is 4.59. The van der Waals surface area contributed by atoms with Gasteiger partial charge in [-0.2, -0.15) is 0 Å². The quantitative estimate of drug-likeness (QED) is 0.386. The van der Waals surface area contributed by atoms with Gasteiger partial charge in [0.15, 0.2) is 0 Å². The van der Waals surface area contributed by atoms with Gasteiger partial charge in [0, 0.05) is 13.3 Å². The molecule has 0 N–H and O–H groups in total. The van der Waals surface area contributed by atoms with Crippen molar-refractivity contribution in [3.05, 3.63) is 12.2 Å². The fraction of sp³-hybridized carbons (Fsp3) is 0.545. The van der Waals surface area contributed by atoms with Crippen LogP contribution in [-0.4, -0.2) is 24.8 Å². The van der Waals surface area contributed by atoms with Gasteiger partial charge in [-0.15, -0.1) is 11.8 Å². The normalized spacial score (nSPS) is 24.1. The van der Waals surface area contributed by atoms with E-state index in [2.05, 4.69) is 11.8 Å². The van der Waals surface area contributed by atoms with Crippen LogP contribution in [0.3, 0.4) is 0 Å². The third-order valence-corrected chi connectivity index (χ3v) is 1.82. The van der Waals surface area contributed by atoms with Crippen LogP contribution in [0.2, 0.25) is 0 Å². The van der Waals surface area contributed by atoms with E-state index in [9.17, 15) is 4.79 Å². The van der Waals surface area contributed by atoms with Crippen LogP contribution in [0.5, 0.6) is 0 Å². The maximum atomic E-state index is 10.5. The first-order valence-corrected chi connectivity index (χ1v) is 4.59. The molecular formula is C11H14O3. The molecule has 1 heterocycles.